The third-order valence-electron chi connectivity index (χ3n) is 3.79. The highest BCUT2D eigenvalue weighted by molar-refractivity contribution is 5.95. The van der Waals surface area contributed by atoms with E-state index in [9.17, 15) is 19.1 Å². The van der Waals surface area contributed by atoms with Gasteiger partial charge in [0.25, 0.3) is 5.91 Å². The zero-order chi connectivity index (χ0) is 15.6. The zero-order valence-corrected chi connectivity index (χ0v) is 12.1. The number of carbonyl (C=O) groups excluding carboxylic acids is 2. The van der Waals surface area contributed by atoms with E-state index in [2.05, 4.69) is 5.32 Å². The second-order valence-electron chi connectivity index (χ2n) is 5.36. The average molecular weight is 294 g/mol. The number of halogens is 1. The van der Waals surface area contributed by atoms with Crippen molar-refractivity contribution >= 4 is 11.8 Å². The molecule has 0 aromatic heterocycles. The molecule has 1 aliphatic heterocycles. The third-order valence-corrected chi connectivity index (χ3v) is 3.79. The first-order valence-corrected chi connectivity index (χ1v) is 6.89. The maximum atomic E-state index is 13.2. The van der Waals surface area contributed by atoms with Crippen LogP contribution in [0.25, 0.3) is 0 Å². The zero-order valence-electron chi connectivity index (χ0n) is 12.1. The Balaban J connectivity index is 2.03. The Morgan fingerprint density at radius 2 is 2.14 bits per heavy atom. The minimum atomic E-state index is -0.819. The number of aliphatic hydroxyl groups is 1. The van der Waals surface area contributed by atoms with Crippen LogP contribution in [0.15, 0.2) is 18.2 Å². The fourth-order valence-corrected chi connectivity index (χ4v) is 2.47. The molecule has 0 spiro atoms. The molecule has 21 heavy (non-hydrogen) atoms. The van der Waals surface area contributed by atoms with Gasteiger partial charge in [0.05, 0.1) is 12.1 Å². The molecule has 1 aliphatic rings. The second kappa shape index (κ2) is 6.22. The highest BCUT2D eigenvalue weighted by Gasteiger charge is 2.30. The lowest BCUT2D eigenvalue weighted by Gasteiger charge is -2.35. The van der Waals surface area contributed by atoms with Gasteiger partial charge in [-0.25, -0.2) is 4.39 Å². The van der Waals surface area contributed by atoms with Crippen LogP contribution >= 0.6 is 0 Å². The third kappa shape index (κ3) is 3.58. The maximum absolute atomic E-state index is 13.2. The van der Waals surface area contributed by atoms with Gasteiger partial charge < -0.3 is 15.3 Å². The van der Waals surface area contributed by atoms with Gasteiger partial charge >= 0.3 is 0 Å². The molecule has 1 fully saturated rings. The van der Waals surface area contributed by atoms with Crippen LogP contribution in [0.4, 0.5) is 4.39 Å². The molecule has 2 N–H and O–H groups in total. The molecule has 1 aromatic carbocycles. The Bertz CT molecular complexity index is 562. The molecule has 1 aromatic rings. The summed E-state index contributed by atoms with van der Waals surface area (Å²) in [5, 5.41) is 12.7. The first-order valence-electron chi connectivity index (χ1n) is 6.89. The molecule has 5 nitrogen and oxygen atoms in total. The van der Waals surface area contributed by atoms with Crippen LogP contribution in [-0.2, 0) is 4.79 Å². The number of likely N-dealkylation sites (tertiary alicyclic amines) is 1. The Hall–Kier alpha value is -1.95. The highest BCUT2D eigenvalue weighted by Crippen LogP contribution is 2.14. The molecule has 2 rings (SSSR count). The van der Waals surface area contributed by atoms with Crippen molar-refractivity contribution in [3.63, 3.8) is 0 Å². The number of hydrogen-bond donors (Lipinski definition) is 2. The fraction of sp³-hybridized carbons (Fsp3) is 0.467. The Morgan fingerprint density at radius 3 is 2.76 bits per heavy atom. The SMILES string of the molecule is CC(=O)N1CC[C@@H](NC(=O)c2cc(F)ccc2C)[C@H](O)C1. The van der Waals surface area contributed by atoms with E-state index in [1.165, 1.54) is 19.1 Å². The molecular formula is C15H19FN2O3. The van der Waals surface area contributed by atoms with E-state index in [-0.39, 0.29) is 18.0 Å². The second-order valence-corrected chi connectivity index (χ2v) is 5.36. The van der Waals surface area contributed by atoms with Crippen molar-refractivity contribution in [2.45, 2.75) is 32.4 Å². The van der Waals surface area contributed by atoms with Gasteiger partial charge in [0, 0.05) is 25.6 Å². The largest absolute Gasteiger partial charge is 0.389 e. The number of benzene rings is 1. The summed E-state index contributed by atoms with van der Waals surface area (Å²) in [5.74, 6) is -0.982. The van der Waals surface area contributed by atoms with Crippen molar-refractivity contribution in [3.8, 4) is 0 Å². The number of nitrogens with one attached hydrogen (secondary N) is 1. The van der Waals surface area contributed by atoms with Crippen LogP contribution < -0.4 is 5.32 Å². The molecule has 2 amide bonds. The van der Waals surface area contributed by atoms with E-state index in [0.717, 1.165) is 0 Å². The smallest absolute Gasteiger partial charge is 0.251 e. The van der Waals surface area contributed by atoms with Crippen LogP contribution in [0.1, 0.15) is 29.3 Å². The number of carbonyl (C=O) groups is 2. The number of piperidine rings is 1. The van der Waals surface area contributed by atoms with E-state index < -0.39 is 23.9 Å². The highest BCUT2D eigenvalue weighted by atomic mass is 19.1. The first kappa shape index (κ1) is 15.4. The number of aliphatic hydroxyl groups excluding tert-OH is 1. The van der Waals surface area contributed by atoms with Gasteiger partial charge in [-0.05, 0) is 31.0 Å². The van der Waals surface area contributed by atoms with Crippen molar-refractivity contribution in [3.05, 3.63) is 35.1 Å². The van der Waals surface area contributed by atoms with Crippen LogP contribution in [0, 0.1) is 12.7 Å². The summed E-state index contributed by atoms with van der Waals surface area (Å²) in [6, 6.07) is 3.59. The van der Waals surface area contributed by atoms with Gasteiger partial charge in [-0.2, -0.15) is 0 Å². The monoisotopic (exact) mass is 294 g/mol. The van der Waals surface area contributed by atoms with Crippen molar-refractivity contribution in [2.75, 3.05) is 13.1 Å². The fourth-order valence-electron chi connectivity index (χ4n) is 2.47. The van der Waals surface area contributed by atoms with Crippen LogP contribution in [0.2, 0.25) is 0 Å². The summed E-state index contributed by atoms with van der Waals surface area (Å²) in [7, 11) is 0. The average Bonchev–Trinajstić information content (AvgIpc) is 2.43. The normalized spacial score (nSPS) is 22.0. The molecule has 6 heteroatoms. The molecule has 0 radical (unpaired) electrons. The van der Waals surface area contributed by atoms with E-state index >= 15 is 0 Å². The number of aryl methyl sites for hydroxylation is 1. The molecule has 1 saturated heterocycles. The summed E-state index contributed by atoms with van der Waals surface area (Å²) in [4.78, 5) is 25.0. The van der Waals surface area contributed by atoms with Gasteiger partial charge in [0.1, 0.15) is 5.82 Å². The number of β-amino-alcohol motifs (C(OH)–C–C–N with tert-alkyl or cyclic N) is 1. The summed E-state index contributed by atoms with van der Waals surface area (Å²) < 4.78 is 13.2. The van der Waals surface area contributed by atoms with E-state index in [1.807, 2.05) is 0 Å². The Morgan fingerprint density at radius 1 is 1.43 bits per heavy atom. The van der Waals surface area contributed by atoms with Gasteiger partial charge in [-0.1, -0.05) is 6.07 Å². The van der Waals surface area contributed by atoms with Crippen LogP contribution in [-0.4, -0.2) is 47.1 Å². The molecular weight excluding hydrogens is 275 g/mol. The molecule has 1 heterocycles. The summed E-state index contributed by atoms with van der Waals surface area (Å²) in [5.41, 5.74) is 0.931. The predicted octanol–water partition coefficient (Wildman–Crippen LogP) is 0.846. The lowest BCUT2D eigenvalue weighted by molar-refractivity contribution is -0.132. The minimum Gasteiger partial charge on any atom is -0.389 e. The van der Waals surface area contributed by atoms with Crippen molar-refractivity contribution < 1.29 is 19.1 Å². The van der Waals surface area contributed by atoms with Crippen LogP contribution in [0.3, 0.4) is 0 Å². The first-order chi connectivity index (χ1) is 9.88. The number of nitrogens with zero attached hydrogens (tertiary/aromatic N) is 1. The van der Waals surface area contributed by atoms with Gasteiger partial charge in [-0.15, -0.1) is 0 Å². The Kier molecular flexibility index (Phi) is 4.57. The van der Waals surface area contributed by atoms with Gasteiger partial charge in [0.2, 0.25) is 5.91 Å². The summed E-state index contributed by atoms with van der Waals surface area (Å²) in [6.07, 6.45) is -0.346. The minimum absolute atomic E-state index is 0.0974. The lowest BCUT2D eigenvalue weighted by atomic mass is 10.0. The molecule has 0 bridgehead atoms. The number of amides is 2. The van der Waals surface area contributed by atoms with E-state index in [1.54, 1.807) is 17.9 Å². The van der Waals surface area contributed by atoms with E-state index in [0.29, 0.717) is 18.5 Å². The van der Waals surface area contributed by atoms with Crippen molar-refractivity contribution in [2.24, 2.45) is 0 Å². The molecule has 114 valence electrons. The number of hydrogen-bond acceptors (Lipinski definition) is 3. The topological polar surface area (TPSA) is 69.6 Å². The van der Waals surface area contributed by atoms with Crippen LogP contribution in [0.5, 0.6) is 0 Å². The number of rotatable bonds is 2. The maximum Gasteiger partial charge on any atom is 0.251 e. The quantitative estimate of drug-likeness (QED) is 0.849. The van der Waals surface area contributed by atoms with Gasteiger partial charge in [-0.3, -0.25) is 9.59 Å². The molecule has 0 aliphatic carbocycles. The molecule has 0 saturated carbocycles. The Labute approximate surface area is 122 Å². The molecule has 2 atom stereocenters. The van der Waals surface area contributed by atoms with Crippen molar-refractivity contribution in [1.29, 1.82) is 0 Å². The molecule has 0 unspecified atom stereocenters. The summed E-state index contributed by atoms with van der Waals surface area (Å²) in [6.45, 7) is 3.85. The van der Waals surface area contributed by atoms with Crippen molar-refractivity contribution in [1.82, 2.24) is 10.2 Å². The predicted molar refractivity (Wildman–Crippen MR) is 75.3 cm³/mol. The lowest BCUT2D eigenvalue weighted by Crippen LogP contribution is -2.55. The summed E-state index contributed by atoms with van der Waals surface area (Å²) >= 11 is 0. The van der Waals surface area contributed by atoms with E-state index in [4.69, 9.17) is 0 Å². The van der Waals surface area contributed by atoms with Gasteiger partial charge in [0.15, 0.2) is 0 Å². The standard InChI is InChI=1S/C15H19FN2O3/c1-9-3-4-11(16)7-12(9)15(21)17-13-5-6-18(10(2)19)8-14(13)20/h3-4,7,13-14,20H,5-6,8H2,1-2H3,(H,17,21)/t13-,14-/m1/s1.